The molecule has 0 aromatic heterocycles. The van der Waals surface area contributed by atoms with Crippen molar-refractivity contribution in [3.05, 3.63) is 76.9 Å². The maximum Gasteiger partial charge on any atom is 0.407 e. The molecule has 2 amide bonds. The predicted molar refractivity (Wildman–Crippen MR) is 126 cm³/mol. The van der Waals surface area contributed by atoms with E-state index in [0.29, 0.717) is 12.1 Å². The van der Waals surface area contributed by atoms with Gasteiger partial charge in [-0.1, -0.05) is 36.4 Å². The average Bonchev–Trinajstić information content (AvgIpc) is 3.53. The van der Waals surface area contributed by atoms with Crippen molar-refractivity contribution in [3.8, 4) is 0 Å². The Bertz CT molecular complexity index is 1020. The summed E-state index contributed by atoms with van der Waals surface area (Å²) in [6, 6.07) is 14.9. The number of carbonyl (C=O) groups excluding carboxylic acids is 3. The molecule has 1 saturated carbocycles. The third kappa shape index (κ3) is 7.49. The molecule has 7 nitrogen and oxygen atoms in total. The first-order valence-corrected chi connectivity index (χ1v) is 10.9. The lowest BCUT2D eigenvalue weighted by molar-refractivity contribution is -0.116. The van der Waals surface area contributed by atoms with Crippen LogP contribution in [0.4, 0.5) is 4.79 Å². The smallest absolute Gasteiger partial charge is 0.407 e. The Morgan fingerprint density at radius 1 is 1.03 bits per heavy atom. The zero-order valence-corrected chi connectivity index (χ0v) is 19.4. The summed E-state index contributed by atoms with van der Waals surface area (Å²) in [4.78, 5) is 35.5. The molecular formula is C26H30N2O5. The minimum atomic E-state index is -0.510. The highest BCUT2D eigenvalue weighted by Crippen LogP contribution is 2.41. The van der Waals surface area contributed by atoms with E-state index in [2.05, 4.69) is 15.4 Å². The molecule has 0 saturated heterocycles. The zero-order chi connectivity index (χ0) is 24.0. The van der Waals surface area contributed by atoms with Gasteiger partial charge in [-0.15, -0.1) is 0 Å². The standard InChI is InChI=1S/C26H30N2O5/c1-26(2,3)33-25(31)28-22-15-21(22)19-10-5-17(6-11-19)9-14-23(29)27-16-18-7-12-20(13-8-18)24(30)32-4/h5-14,21-22H,15-16H2,1-4H3,(H,27,29)(H,28,31)/b14-9+/t21-,22+/m1/s1. The van der Waals surface area contributed by atoms with E-state index in [-0.39, 0.29) is 24.0 Å². The first kappa shape index (κ1) is 24.0. The van der Waals surface area contributed by atoms with E-state index in [4.69, 9.17) is 4.74 Å². The van der Waals surface area contributed by atoms with Crippen molar-refractivity contribution >= 4 is 24.0 Å². The van der Waals surface area contributed by atoms with Crippen LogP contribution in [0.25, 0.3) is 6.08 Å². The molecule has 3 rings (SSSR count). The largest absolute Gasteiger partial charge is 0.465 e. The van der Waals surface area contributed by atoms with Gasteiger partial charge in [0.2, 0.25) is 5.91 Å². The minimum absolute atomic E-state index is 0.0914. The van der Waals surface area contributed by atoms with Crippen molar-refractivity contribution in [1.29, 1.82) is 0 Å². The first-order valence-electron chi connectivity index (χ1n) is 10.9. The number of alkyl carbamates (subject to hydrolysis) is 1. The number of esters is 1. The highest BCUT2D eigenvalue weighted by Gasteiger charge is 2.40. The molecule has 33 heavy (non-hydrogen) atoms. The van der Waals surface area contributed by atoms with Crippen molar-refractivity contribution in [2.45, 2.75) is 51.3 Å². The molecule has 0 radical (unpaired) electrons. The van der Waals surface area contributed by atoms with Crippen LogP contribution in [0.15, 0.2) is 54.6 Å². The molecule has 1 aliphatic rings. The molecule has 0 aliphatic heterocycles. The number of amides is 2. The van der Waals surface area contributed by atoms with Gasteiger partial charge in [0.15, 0.2) is 0 Å². The lowest BCUT2D eigenvalue weighted by Gasteiger charge is -2.19. The highest BCUT2D eigenvalue weighted by atomic mass is 16.6. The van der Waals surface area contributed by atoms with E-state index < -0.39 is 11.6 Å². The van der Waals surface area contributed by atoms with Crippen molar-refractivity contribution in [2.75, 3.05) is 7.11 Å². The Morgan fingerprint density at radius 2 is 1.70 bits per heavy atom. The molecule has 1 fully saturated rings. The van der Waals surface area contributed by atoms with Crippen molar-refractivity contribution in [3.63, 3.8) is 0 Å². The molecule has 174 valence electrons. The average molecular weight is 451 g/mol. The van der Waals surface area contributed by atoms with Gasteiger partial charge >= 0.3 is 12.1 Å². The minimum Gasteiger partial charge on any atom is -0.465 e. The molecule has 2 atom stereocenters. The lowest BCUT2D eigenvalue weighted by Crippen LogP contribution is -2.34. The monoisotopic (exact) mass is 450 g/mol. The van der Waals surface area contributed by atoms with E-state index in [1.54, 1.807) is 30.3 Å². The molecule has 7 heteroatoms. The van der Waals surface area contributed by atoms with Crippen LogP contribution in [-0.2, 0) is 20.8 Å². The number of methoxy groups -OCH3 is 1. The summed E-state index contributed by atoms with van der Waals surface area (Å²) in [6.45, 7) is 5.88. The van der Waals surface area contributed by atoms with Gasteiger partial charge in [-0.25, -0.2) is 9.59 Å². The van der Waals surface area contributed by atoms with Crippen LogP contribution in [0.1, 0.15) is 60.2 Å². The predicted octanol–water partition coefficient (Wildman–Crippen LogP) is 4.18. The second kappa shape index (κ2) is 10.3. The van der Waals surface area contributed by atoms with Crippen molar-refractivity contribution in [1.82, 2.24) is 10.6 Å². The first-order chi connectivity index (χ1) is 15.6. The lowest BCUT2D eigenvalue weighted by atomic mass is 10.1. The Morgan fingerprint density at radius 3 is 2.30 bits per heavy atom. The number of carbonyl (C=O) groups is 3. The van der Waals surface area contributed by atoms with E-state index in [0.717, 1.165) is 23.1 Å². The Kier molecular flexibility index (Phi) is 7.53. The van der Waals surface area contributed by atoms with E-state index in [1.807, 2.05) is 45.0 Å². The topological polar surface area (TPSA) is 93.7 Å². The van der Waals surface area contributed by atoms with Gasteiger partial charge in [-0.3, -0.25) is 4.79 Å². The number of nitrogens with one attached hydrogen (secondary N) is 2. The highest BCUT2D eigenvalue weighted by molar-refractivity contribution is 5.91. The van der Waals surface area contributed by atoms with Gasteiger partial charge in [0.05, 0.1) is 12.7 Å². The van der Waals surface area contributed by atoms with Gasteiger partial charge in [0.25, 0.3) is 0 Å². The summed E-state index contributed by atoms with van der Waals surface area (Å²) in [6.07, 6.45) is 3.74. The number of hydrogen-bond acceptors (Lipinski definition) is 5. The van der Waals surface area contributed by atoms with Crippen LogP contribution in [0.3, 0.4) is 0 Å². The second-order valence-electron chi connectivity index (χ2n) is 9.00. The fourth-order valence-electron chi connectivity index (χ4n) is 3.33. The van der Waals surface area contributed by atoms with Crippen LogP contribution in [0, 0.1) is 0 Å². The third-order valence-electron chi connectivity index (χ3n) is 5.13. The molecule has 0 heterocycles. The van der Waals surface area contributed by atoms with Gasteiger partial charge < -0.3 is 20.1 Å². The quantitative estimate of drug-likeness (QED) is 0.488. The van der Waals surface area contributed by atoms with E-state index in [1.165, 1.54) is 13.2 Å². The molecule has 2 aromatic rings. The SMILES string of the molecule is COC(=O)c1ccc(CNC(=O)/C=C/c2ccc([C@H]3C[C@@H]3NC(=O)OC(C)(C)C)cc2)cc1. The Balaban J connectivity index is 1.44. The molecule has 2 N–H and O–H groups in total. The van der Waals surface area contributed by atoms with Crippen molar-refractivity contribution in [2.24, 2.45) is 0 Å². The number of rotatable bonds is 7. The van der Waals surface area contributed by atoms with Crippen molar-refractivity contribution < 1.29 is 23.9 Å². The van der Waals surface area contributed by atoms with E-state index >= 15 is 0 Å². The molecular weight excluding hydrogens is 420 g/mol. The number of hydrogen-bond donors (Lipinski definition) is 2. The summed E-state index contributed by atoms with van der Waals surface area (Å²) < 4.78 is 9.97. The van der Waals surface area contributed by atoms with Gasteiger partial charge in [0.1, 0.15) is 5.60 Å². The third-order valence-corrected chi connectivity index (χ3v) is 5.13. The second-order valence-corrected chi connectivity index (χ2v) is 9.00. The van der Waals surface area contributed by atoms with Crippen LogP contribution >= 0.6 is 0 Å². The summed E-state index contributed by atoms with van der Waals surface area (Å²) in [5.41, 5.74) is 2.90. The van der Waals surface area contributed by atoms with Crippen LogP contribution in [0.2, 0.25) is 0 Å². The summed E-state index contributed by atoms with van der Waals surface area (Å²) in [5.74, 6) is -0.319. The maximum absolute atomic E-state index is 12.1. The molecule has 0 bridgehead atoms. The molecule has 1 aliphatic carbocycles. The normalized spacial score (nSPS) is 17.3. The summed E-state index contributed by atoms with van der Waals surface area (Å²) in [7, 11) is 1.34. The Labute approximate surface area is 194 Å². The maximum atomic E-state index is 12.1. The summed E-state index contributed by atoms with van der Waals surface area (Å²) >= 11 is 0. The van der Waals surface area contributed by atoms with Gasteiger partial charge in [-0.05, 0) is 62.1 Å². The van der Waals surface area contributed by atoms with E-state index in [9.17, 15) is 14.4 Å². The molecule has 2 aromatic carbocycles. The van der Waals surface area contributed by atoms with Crippen LogP contribution in [-0.4, -0.2) is 36.7 Å². The zero-order valence-electron chi connectivity index (χ0n) is 19.4. The van der Waals surface area contributed by atoms with Crippen LogP contribution < -0.4 is 10.6 Å². The molecule has 0 spiro atoms. The van der Waals surface area contributed by atoms with Crippen LogP contribution in [0.5, 0.6) is 0 Å². The summed E-state index contributed by atoms with van der Waals surface area (Å²) in [5, 5.41) is 5.72. The molecule has 0 unspecified atom stereocenters. The fraction of sp³-hybridized carbons (Fsp3) is 0.346. The fourth-order valence-corrected chi connectivity index (χ4v) is 3.33. The Hall–Kier alpha value is -3.61. The number of ether oxygens (including phenoxy) is 2. The van der Waals surface area contributed by atoms with Gasteiger partial charge in [0, 0.05) is 24.6 Å². The van der Waals surface area contributed by atoms with Gasteiger partial charge in [-0.2, -0.15) is 0 Å². The number of benzene rings is 2.